The lowest BCUT2D eigenvalue weighted by Crippen LogP contribution is -2.34. The fourth-order valence-corrected chi connectivity index (χ4v) is 3.87. The molecule has 0 aliphatic heterocycles. The highest BCUT2D eigenvalue weighted by Gasteiger charge is 2.17. The molecule has 2 aromatic carbocycles. The van der Waals surface area contributed by atoms with Gasteiger partial charge < -0.3 is 14.6 Å². The molecular formula is C21H22N4O5S2. The molecule has 3 aromatic rings. The molecule has 0 spiro atoms. The van der Waals surface area contributed by atoms with Crippen molar-refractivity contribution in [2.45, 2.75) is 31.8 Å². The third-order valence-corrected chi connectivity index (χ3v) is 5.59. The Morgan fingerprint density at radius 3 is 2.44 bits per heavy atom. The van der Waals surface area contributed by atoms with Crippen LogP contribution in [0.5, 0.6) is 5.75 Å². The molecule has 168 valence electrons. The summed E-state index contributed by atoms with van der Waals surface area (Å²) in [6, 6.07) is 14.2. The van der Waals surface area contributed by atoms with Crippen molar-refractivity contribution in [3.05, 3.63) is 65.9 Å². The van der Waals surface area contributed by atoms with Gasteiger partial charge in [-0.05, 0) is 69.4 Å². The zero-order valence-corrected chi connectivity index (χ0v) is 19.2. The number of hydrogen-bond acceptors (Lipinski definition) is 7. The number of aryl methyl sites for hydroxylation is 1. The Hall–Kier alpha value is -3.44. The summed E-state index contributed by atoms with van der Waals surface area (Å²) in [5.74, 6) is 0.601. The summed E-state index contributed by atoms with van der Waals surface area (Å²) in [5, 5.41) is 9.11. The number of sulfonamides is 1. The molecule has 0 aliphatic carbocycles. The van der Waals surface area contributed by atoms with Crippen molar-refractivity contribution in [2.75, 3.05) is 10.0 Å². The molecular weight excluding hydrogens is 452 g/mol. The first-order valence-electron chi connectivity index (χ1n) is 9.58. The number of carbonyl (C=O) groups excluding carboxylic acids is 1. The molecule has 1 amide bonds. The summed E-state index contributed by atoms with van der Waals surface area (Å²) in [4.78, 5) is 12.6. The van der Waals surface area contributed by atoms with Gasteiger partial charge in [0.15, 0.2) is 10.9 Å². The second kappa shape index (κ2) is 9.79. The highest BCUT2D eigenvalue weighted by atomic mass is 32.2. The summed E-state index contributed by atoms with van der Waals surface area (Å²) < 4.78 is 37.7. The fraction of sp³-hybridized carbons (Fsp3) is 0.190. The average molecular weight is 475 g/mol. The van der Waals surface area contributed by atoms with Crippen molar-refractivity contribution in [2.24, 2.45) is 0 Å². The van der Waals surface area contributed by atoms with Crippen LogP contribution in [0.4, 0.5) is 11.5 Å². The number of rotatable bonds is 7. The van der Waals surface area contributed by atoms with Gasteiger partial charge >= 0.3 is 0 Å². The predicted molar refractivity (Wildman–Crippen MR) is 124 cm³/mol. The van der Waals surface area contributed by atoms with Crippen molar-refractivity contribution in [3.63, 3.8) is 0 Å². The van der Waals surface area contributed by atoms with Crippen molar-refractivity contribution in [3.8, 4) is 5.75 Å². The monoisotopic (exact) mass is 474 g/mol. The molecule has 0 radical (unpaired) electrons. The maximum absolute atomic E-state index is 12.6. The number of anilines is 2. The maximum Gasteiger partial charge on any atom is 0.263 e. The summed E-state index contributed by atoms with van der Waals surface area (Å²) in [7, 11) is -3.83. The third-order valence-electron chi connectivity index (χ3n) is 4.01. The number of amides is 1. The fourth-order valence-electron chi connectivity index (χ4n) is 2.67. The number of carbonyl (C=O) groups is 1. The minimum absolute atomic E-state index is 0.0263. The van der Waals surface area contributed by atoms with E-state index < -0.39 is 15.9 Å². The molecule has 0 aliphatic rings. The number of aromatic nitrogens is 1. The number of thiocarbonyl (C=S) groups is 1. The quantitative estimate of drug-likeness (QED) is 0.443. The topological polar surface area (TPSA) is 123 Å². The minimum atomic E-state index is -3.83. The number of hydrogen-bond donors (Lipinski definition) is 3. The molecule has 9 nitrogen and oxygen atoms in total. The summed E-state index contributed by atoms with van der Waals surface area (Å²) >= 11 is 5.21. The van der Waals surface area contributed by atoms with Crippen molar-refractivity contribution in [1.29, 1.82) is 0 Å². The first-order valence-corrected chi connectivity index (χ1v) is 11.5. The molecule has 0 bridgehead atoms. The van der Waals surface area contributed by atoms with E-state index in [9.17, 15) is 13.2 Å². The zero-order valence-electron chi connectivity index (χ0n) is 17.6. The van der Waals surface area contributed by atoms with Crippen LogP contribution in [0.1, 0.15) is 30.0 Å². The molecule has 3 rings (SSSR count). The molecule has 1 heterocycles. The lowest BCUT2D eigenvalue weighted by atomic mass is 10.2. The van der Waals surface area contributed by atoms with E-state index in [-0.39, 0.29) is 21.9 Å². The number of nitrogens with zero attached hydrogens (tertiary/aromatic N) is 1. The Balaban J connectivity index is 1.63. The predicted octanol–water partition coefficient (Wildman–Crippen LogP) is 3.70. The summed E-state index contributed by atoms with van der Waals surface area (Å²) in [6.07, 6.45) is -0.0911. The van der Waals surface area contributed by atoms with E-state index in [2.05, 4.69) is 20.5 Å². The number of benzene rings is 2. The van der Waals surface area contributed by atoms with Gasteiger partial charge in [0.2, 0.25) is 0 Å². The minimum Gasteiger partial charge on any atom is -0.490 e. The SMILES string of the molecule is Cc1cc(NS(=O)(=O)c2ccc(NC(=S)NC(=O)c3ccccc3OC(C)C)cc2)no1. The van der Waals surface area contributed by atoms with Crippen LogP contribution in [0.3, 0.4) is 0 Å². The van der Waals surface area contributed by atoms with E-state index in [1.54, 1.807) is 31.2 Å². The normalized spacial score (nSPS) is 11.1. The van der Waals surface area contributed by atoms with E-state index in [1.165, 1.54) is 30.3 Å². The van der Waals surface area contributed by atoms with Crippen molar-refractivity contribution in [1.82, 2.24) is 10.5 Å². The van der Waals surface area contributed by atoms with Crippen LogP contribution in [-0.2, 0) is 10.0 Å². The van der Waals surface area contributed by atoms with E-state index in [1.807, 2.05) is 13.8 Å². The molecule has 0 atom stereocenters. The van der Waals surface area contributed by atoms with Gasteiger partial charge in [-0.15, -0.1) is 0 Å². The summed E-state index contributed by atoms with van der Waals surface area (Å²) in [6.45, 7) is 5.39. The van der Waals surface area contributed by atoms with Crippen LogP contribution in [0, 0.1) is 6.92 Å². The van der Waals surface area contributed by atoms with E-state index >= 15 is 0 Å². The van der Waals surface area contributed by atoms with Gasteiger partial charge in [0, 0.05) is 11.8 Å². The molecule has 0 saturated heterocycles. The standard InChI is InChI=1S/C21H22N4O5S2/c1-13(2)29-18-7-5-4-6-17(18)20(26)23-21(31)22-15-8-10-16(11-9-15)32(27,28)25-19-12-14(3)30-24-19/h4-13H,1-3H3,(H,24,25)(H2,22,23,26,31). The molecule has 0 fully saturated rings. The van der Waals surface area contributed by atoms with Crippen LogP contribution in [0.25, 0.3) is 0 Å². The second-order valence-corrected chi connectivity index (χ2v) is 9.11. The van der Waals surface area contributed by atoms with Gasteiger partial charge in [-0.25, -0.2) is 8.42 Å². The van der Waals surface area contributed by atoms with Crippen molar-refractivity contribution < 1.29 is 22.5 Å². The van der Waals surface area contributed by atoms with Gasteiger partial charge in [0.1, 0.15) is 11.5 Å². The molecule has 32 heavy (non-hydrogen) atoms. The number of nitrogens with one attached hydrogen (secondary N) is 3. The van der Waals surface area contributed by atoms with Crippen LogP contribution in [0.2, 0.25) is 0 Å². The first-order chi connectivity index (χ1) is 15.1. The zero-order chi connectivity index (χ0) is 23.3. The maximum atomic E-state index is 12.6. The lowest BCUT2D eigenvalue weighted by molar-refractivity contribution is 0.0972. The molecule has 1 aromatic heterocycles. The summed E-state index contributed by atoms with van der Waals surface area (Å²) in [5.41, 5.74) is 0.846. The molecule has 3 N–H and O–H groups in total. The Labute approximate surface area is 191 Å². The highest BCUT2D eigenvalue weighted by molar-refractivity contribution is 7.92. The third kappa shape index (κ3) is 6.05. The lowest BCUT2D eigenvalue weighted by Gasteiger charge is -2.15. The van der Waals surface area contributed by atoms with E-state index in [0.29, 0.717) is 22.8 Å². The Morgan fingerprint density at radius 2 is 1.81 bits per heavy atom. The Kier molecular flexibility index (Phi) is 7.11. The van der Waals surface area contributed by atoms with Crippen molar-refractivity contribution >= 4 is 44.8 Å². The Bertz CT molecular complexity index is 1220. The molecule has 0 unspecified atom stereocenters. The van der Waals surface area contributed by atoms with E-state index in [0.717, 1.165) is 0 Å². The van der Waals surface area contributed by atoms with Crippen LogP contribution in [0.15, 0.2) is 64.0 Å². The van der Waals surface area contributed by atoms with Gasteiger partial charge in [-0.2, -0.15) is 0 Å². The van der Waals surface area contributed by atoms with Crippen LogP contribution >= 0.6 is 12.2 Å². The van der Waals surface area contributed by atoms with Crippen LogP contribution < -0.4 is 20.1 Å². The smallest absolute Gasteiger partial charge is 0.263 e. The molecule has 0 saturated carbocycles. The average Bonchev–Trinajstić information content (AvgIpc) is 3.12. The highest BCUT2D eigenvalue weighted by Crippen LogP contribution is 2.20. The van der Waals surface area contributed by atoms with Gasteiger partial charge in [-0.1, -0.05) is 17.3 Å². The van der Waals surface area contributed by atoms with Gasteiger partial charge in [-0.3, -0.25) is 14.8 Å². The largest absolute Gasteiger partial charge is 0.490 e. The first kappa shape index (κ1) is 23.2. The van der Waals surface area contributed by atoms with Gasteiger partial charge in [0.25, 0.3) is 15.9 Å². The Morgan fingerprint density at radius 1 is 1.12 bits per heavy atom. The van der Waals surface area contributed by atoms with Gasteiger partial charge in [0.05, 0.1) is 16.6 Å². The second-order valence-electron chi connectivity index (χ2n) is 7.02. The number of para-hydroxylation sites is 1. The van der Waals surface area contributed by atoms with Crippen LogP contribution in [-0.4, -0.2) is 30.7 Å². The molecule has 11 heteroatoms. The number of ether oxygens (including phenoxy) is 1. The van der Waals surface area contributed by atoms with E-state index in [4.69, 9.17) is 21.5 Å².